The number of carbonyl (C=O) groups excluding carboxylic acids is 6. The molecule has 86 heavy (non-hydrogen) atoms. The van der Waals surface area contributed by atoms with Crippen molar-refractivity contribution in [2.45, 2.75) is 137 Å². The Labute approximate surface area is 501 Å². The Hall–Kier alpha value is -8.42. The van der Waals surface area contributed by atoms with E-state index in [1.54, 1.807) is 20.8 Å². The van der Waals surface area contributed by atoms with E-state index in [0.717, 1.165) is 38.2 Å². The fourth-order valence-corrected chi connectivity index (χ4v) is 8.33. The molecule has 4 heterocycles. The second-order valence-corrected chi connectivity index (χ2v) is 20.9. The molecule has 0 aromatic carbocycles. The van der Waals surface area contributed by atoms with Crippen LogP contribution in [0.25, 0.3) is 0 Å². The maximum Gasteiger partial charge on any atom is 0.407 e. The Bertz CT molecular complexity index is 3040. The predicted molar refractivity (Wildman–Crippen MR) is 320 cm³/mol. The lowest BCUT2D eigenvalue weighted by Crippen LogP contribution is -2.52. The van der Waals surface area contributed by atoms with Crippen molar-refractivity contribution < 1.29 is 57.6 Å². The van der Waals surface area contributed by atoms with Gasteiger partial charge in [0.1, 0.15) is 60.8 Å². The summed E-state index contributed by atoms with van der Waals surface area (Å²) in [5.74, 6) is -3.29. The molecule has 0 spiro atoms. The van der Waals surface area contributed by atoms with Crippen molar-refractivity contribution in [3.63, 3.8) is 0 Å². The predicted octanol–water partition coefficient (Wildman–Crippen LogP) is 3.28. The van der Waals surface area contributed by atoms with Gasteiger partial charge in [0, 0.05) is 70.1 Å². The van der Waals surface area contributed by atoms with Crippen molar-refractivity contribution in [3.05, 3.63) is 137 Å². The van der Waals surface area contributed by atoms with Crippen molar-refractivity contribution in [3.8, 4) is 0 Å². The maximum absolute atomic E-state index is 15.2. The summed E-state index contributed by atoms with van der Waals surface area (Å²) in [4.78, 5) is 162. The molecule has 0 radical (unpaired) electrons. The quantitative estimate of drug-likeness (QED) is 0.0465. The van der Waals surface area contributed by atoms with Crippen molar-refractivity contribution in [1.29, 1.82) is 0 Å². The fourth-order valence-electron chi connectivity index (χ4n) is 8.33. The third kappa shape index (κ3) is 23.2. The third-order valence-corrected chi connectivity index (χ3v) is 12.8. The van der Waals surface area contributed by atoms with Crippen LogP contribution in [0.4, 0.5) is 4.79 Å². The highest BCUT2D eigenvalue weighted by Gasteiger charge is 2.33. The first-order chi connectivity index (χ1) is 41.4. The van der Waals surface area contributed by atoms with Gasteiger partial charge < -0.3 is 59.9 Å². The molecule has 0 fully saturated rings. The maximum atomic E-state index is 15.2. The SMILES string of the molecule is CCCCOn1c(C(=O)NCCCN(CCCC(C(=O)NCCOCCNC(=O)OC(C)(C)C)N(CCCNC(=O)c2cccc(=O)n2OCCCC)C(=O)c2cccc(=O)n2OCCCC)C(=O)c2cccc(=O)n2OCCCC)cccc1=O. The number of pyridine rings is 4. The van der Waals surface area contributed by atoms with Gasteiger partial charge in [0.2, 0.25) is 5.91 Å². The Kier molecular flexibility index (Phi) is 30.8. The number of nitrogens with zero attached hydrogens (tertiary/aromatic N) is 6. The van der Waals surface area contributed by atoms with Crippen LogP contribution in [0, 0.1) is 0 Å². The highest BCUT2D eigenvalue weighted by molar-refractivity contribution is 5.97. The van der Waals surface area contributed by atoms with Gasteiger partial charge in [-0.25, -0.2) is 4.79 Å². The number of alkyl carbamates (subject to hydrolysis) is 1. The van der Waals surface area contributed by atoms with Crippen LogP contribution < -0.4 is 62.9 Å². The highest BCUT2D eigenvalue weighted by atomic mass is 16.7. The summed E-state index contributed by atoms with van der Waals surface area (Å²) in [6, 6.07) is 15.1. The molecule has 0 aliphatic rings. The second-order valence-electron chi connectivity index (χ2n) is 20.9. The van der Waals surface area contributed by atoms with Crippen LogP contribution in [0.2, 0.25) is 0 Å². The molecule has 4 aromatic rings. The molecule has 0 aliphatic carbocycles. The van der Waals surface area contributed by atoms with Gasteiger partial charge in [0.25, 0.3) is 45.9 Å². The lowest BCUT2D eigenvalue weighted by Gasteiger charge is -2.32. The molecule has 0 bridgehead atoms. The van der Waals surface area contributed by atoms with E-state index in [1.165, 1.54) is 82.6 Å². The van der Waals surface area contributed by atoms with Gasteiger partial charge in [-0.05, 0) is 96.4 Å². The van der Waals surface area contributed by atoms with E-state index in [2.05, 4.69) is 21.3 Å². The zero-order valence-corrected chi connectivity index (χ0v) is 50.9. The number of unbranched alkanes of at least 4 members (excludes halogenated alkanes) is 4. The molecular formula is C60H88N10O16. The van der Waals surface area contributed by atoms with Gasteiger partial charge in [-0.15, -0.1) is 18.9 Å². The number of hydrogen-bond donors (Lipinski definition) is 4. The van der Waals surface area contributed by atoms with Crippen molar-refractivity contribution in [1.82, 2.24) is 50.0 Å². The van der Waals surface area contributed by atoms with E-state index >= 15 is 4.79 Å². The van der Waals surface area contributed by atoms with Crippen LogP contribution in [0.1, 0.15) is 167 Å². The van der Waals surface area contributed by atoms with E-state index < -0.39 is 69.5 Å². The van der Waals surface area contributed by atoms with Gasteiger partial charge >= 0.3 is 6.09 Å². The number of aromatic nitrogens is 4. The van der Waals surface area contributed by atoms with Crippen LogP contribution in [0.15, 0.2) is 92.0 Å². The molecule has 26 nitrogen and oxygen atoms in total. The standard InChI is InChI=1S/C60H88N10O16/c1-8-12-39-82-67-46(23-16-28-50(67)71)55(76)61-32-21-37-65(57(78)48-25-18-30-52(73)69(48)84-41-14-10-3)36-20-27-45(54(75)63-34-43-81-44-35-64-59(80)86-60(5,6)7)66(58(79)49-26-19-31-53(74)70(49)85-42-15-11-4)38-22-33-62-56(77)47-24-17-29-51(72)68(47)83-40-13-9-2/h16-19,23-26,28-31,45H,8-15,20-22,27,32-44H2,1-7H3,(H,61,76)(H,62,77)(H,63,75)(H,64,80). The monoisotopic (exact) mass is 1200 g/mol. The normalized spacial score (nSPS) is 11.4. The minimum absolute atomic E-state index is 0.00459. The summed E-state index contributed by atoms with van der Waals surface area (Å²) in [6.07, 6.45) is 4.98. The van der Waals surface area contributed by atoms with E-state index in [0.29, 0.717) is 32.1 Å². The highest BCUT2D eigenvalue weighted by Crippen LogP contribution is 2.17. The summed E-state index contributed by atoms with van der Waals surface area (Å²) in [6.45, 7) is 13.4. The Morgan fingerprint density at radius 2 is 0.837 bits per heavy atom. The van der Waals surface area contributed by atoms with Crippen LogP contribution >= 0.6 is 0 Å². The number of ether oxygens (including phenoxy) is 2. The molecule has 6 amide bonds. The van der Waals surface area contributed by atoms with Gasteiger partial charge in [0.15, 0.2) is 0 Å². The number of hydrogen-bond acceptors (Lipinski definition) is 16. The van der Waals surface area contributed by atoms with Crippen LogP contribution in [-0.2, 0) is 14.3 Å². The third-order valence-electron chi connectivity index (χ3n) is 12.8. The molecule has 0 aliphatic heterocycles. The van der Waals surface area contributed by atoms with Crippen molar-refractivity contribution >= 4 is 35.6 Å². The average Bonchev–Trinajstić information content (AvgIpc) is 2.57. The number of carbonyl (C=O) groups is 6. The molecule has 4 rings (SSSR count). The Morgan fingerprint density at radius 1 is 0.453 bits per heavy atom. The molecule has 4 N–H and O–H groups in total. The lowest BCUT2D eigenvalue weighted by atomic mass is 10.1. The zero-order chi connectivity index (χ0) is 62.9. The fraction of sp³-hybridized carbons (Fsp3) is 0.567. The minimum atomic E-state index is -1.33. The number of amides is 6. The van der Waals surface area contributed by atoms with Crippen molar-refractivity contribution in [2.75, 3.05) is 85.5 Å². The van der Waals surface area contributed by atoms with E-state index in [-0.39, 0.29) is 134 Å². The Balaban J connectivity index is 1.71. The van der Waals surface area contributed by atoms with Crippen LogP contribution in [-0.4, -0.2) is 161 Å². The first-order valence-corrected chi connectivity index (χ1v) is 29.8. The topological polar surface area (TPSA) is 300 Å². The molecule has 1 unspecified atom stereocenters. The molecule has 0 saturated heterocycles. The molecule has 26 heteroatoms. The van der Waals surface area contributed by atoms with E-state index in [9.17, 15) is 43.2 Å². The number of rotatable bonds is 40. The van der Waals surface area contributed by atoms with Crippen LogP contribution in [0.5, 0.6) is 0 Å². The van der Waals surface area contributed by atoms with Crippen LogP contribution in [0.3, 0.4) is 0 Å². The summed E-state index contributed by atoms with van der Waals surface area (Å²) in [5, 5.41) is 11.0. The zero-order valence-electron chi connectivity index (χ0n) is 50.9. The smallest absolute Gasteiger partial charge is 0.407 e. The lowest BCUT2D eigenvalue weighted by molar-refractivity contribution is -0.126. The summed E-state index contributed by atoms with van der Waals surface area (Å²) >= 11 is 0. The van der Waals surface area contributed by atoms with E-state index in [4.69, 9.17) is 28.8 Å². The second kappa shape index (κ2) is 37.8. The summed E-state index contributed by atoms with van der Waals surface area (Å²) in [7, 11) is 0. The van der Waals surface area contributed by atoms with Crippen molar-refractivity contribution in [2.24, 2.45) is 0 Å². The van der Waals surface area contributed by atoms with Gasteiger partial charge in [0.05, 0.1) is 13.2 Å². The molecule has 0 saturated carbocycles. The number of nitrogens with one attached hydrogen (secondary N) is 4. The Morgan fingerprint density at radius 3 is 1.27 bits per heavy atom. The molecule has 4 aromatic heterocycles. The average molecular weight is 1210 g/mol. The molecule has 474 valence electrons. The molecule has 1 atom stereocenters. The largest absolute Gasteiger partial charge is 0.444 e. The first-order valence-electron chi connectivity index (χ1n) is 29.8. The van der Waals surface area contributed by atoms with Gasteiger partial charge in [-0.2, -0.15) is 0 Å². The molecular weight excluding hydrogens is 1120 g/mol. The summed E-state index contributed by atoms with van der Waals surface area (Å²) in [5.41, 5.74) is -3.39. The minimum Gasteiger partial charge on any atom is -0.444 e. The van der Waals surface area contributed by atoms with E-state index in [1.807, 2.05) is 27.7 Å². The van der Waals surface area contributed by atoms with Gasteiger partial charge in [-0.1, -0.05) is 77.6 Å². The summed E-state index contributed by atoms with van der Waals surface area (Å²) < 4.78 is 14.7. The first kappa shape index (κ1) is 70.1. The van der Waals surface area contributed by atoms with Gasteiger partial charge in [-0.3, -0.25) is 43.2 Å².